The molecule has 1 aliphatic heterocycles. The number of anilines is 1. The van der Waals surface area contributed by atoms with Gasteiger partial charge < -0.3 is 15.4 Å². The molecule has 16 heavy (non-hydrogen) atoms. The van der Waals surface area contributed by atoms with E-state index in [1.165, 1.54) is 16.8 Å². The average Bonchev–Trinajstić information content (AvgIpc) is 2.77. The fraction of sp³-hybridized carbons (Fsp3) is 0.538. The van der Waals surface area contributed by atoms with Crippen molar-refractivity contribution in [2.75, 3.05) is 25.1 Å². The monoisotopic (exact) mass is 220 g/mol. The Morgan fingerprint density at radius 3 is 2.94 bits per heavy atom. The van der Waals surface area contributed by atoms with E-state index < -0.39 is 0 Å². The van der Waals surface area contributed by atoms with E-state index in [0.29, 0.717) is 12.6 Å². The highest BCUT2D eigenvalue weighted by molar-refractivity contribution is 5.56. The van der Waals surface area contributed by atoms with Crippen molar-refractivity contribution in [2.45, 2.75) is 26.0 Å². The standard InChI is InChI=1S/C13H20N2O/c1-10-3-4-11(8-14)13(7-10)15-6-5-12(9-15)16-2/h3-4,7,12H,5-6,8-9,14H2,1-2H3. The molecule has 1 fully saturated rings. The molecule has 1 unspecified atom stereocenters. The van der Waals surface area contributed by atoms with Gasteiger partial charge in [-0.1, -0.05) is 12.1 Å². The summed E-state index contributed by atoms with van der Waals surface area (Å²) in [6.45, 7) is 4.76. The summed E-state index contributed by atoms with van der Waals surface area (Å²) >= 11 is 0. The normalized spacial score (nSPS) is 20.4. The fourth-order valence-electron chi connectivity index (χ4n) is 2.28. The van der Waals surface area contributed by atoms with Crippen LogP contribution in [0.4, 0.5) is 5.69 Å². The molecule has 0 aliphatic carbocycles. The lowest BCUT2D eigenvalue weighted by molar-refractivity contribution is 0.121. The van der Waals surface area contributed by atoms with Gasteiger partial charge in [-0.3, -0.25) is 0 Å². The van der Waals surface area contributed by atoms with E-state index in [9.17, 15) is 0 Å². The van der Waals surface area contributed by atoms with E-state index >= 15 is 0 Å². The van der Waals surface area contributed by atoms with E-state index in [1.54, 1.807) is 7.11 Å². The molecule has 0 bridgehead atoms. The van der Waals surface area contributed by atoms with Crippen LogP contribution in [0.1, 0.15) is 17.5 Å². The minimum atomic E-state index is 0.367. The first-order chi connectivity index (χ1) is 7.74. The molecule has 2 N–H and O–H groups in total. The highest BCUT2D eigenvalue weighted by Gasteiger charge is 2.23. The Morgan fingerprint density at radius 1 is 1.50 bits per heavy atom. The van der Waals surface area contributed by atoms with Gasteiger partial charge in [0.15, 0.2) is 0 Å². The SMILES string of the molecule is COC1CCN(c2cc(C)ccc2CN)C1. The summed E-state index contributed by atoms with van der Waals surface area (Å²) in [6.07, 6.45) is 1.47. The van der Waals surface area contributed by atoms with Gasteiger partial charge in [0.1, 0.15) is 0 Å². The zero-order valence-corrected chi connectivity index (χ0v) is 10.1. The van der Waals surface area contributed by atoms with Gasteiger partial charge >= 0.3 is 0 Å². The van der Waals surface area contributed by atoms with E-state index in [-0.39, 0.29) is 0 Å². The number of aryl methyl sites for hydroxylation is 1. The summed E-state index contributed by atoms with van der Waals surface area (Å²) in [4.78, 5) is 2.38. The Morgan fingerprint density at radius 2 is 2.31 bits per heavy atom. The molecule has 0 saturated carbocycles. The summed E-state index contributed by atoms with van der Waals surface area (Å²) in [5.74, 6) is 0. The molecule has 0 radical (unpaired) electrons. The lowest BCUT2D eigenvalue weighted by atomic mass is 10.1. The van der Waals surface area contributed by atoms with Crippen LogP contribution in [0.3, 0.4) is 0 Å². The molecule has 3 nitrogen and oxygen atoms in total. The van der Waals surface area contributed by atoms with Gasteiger partial charge in [-0.05, 0) is 30.5 Å². The van der Waals surface area contributed by atoms with Gasteiger partial charge in [-0.25, -0.2) is 0 Å². The molecule has 3 heteroatoms. The first-order valence-corrected chi connectivity index (χ1v) is 5.82. The maximum Gasteiger partial charge on any atom is 0.0762 e. The Bertz CT molecular complexity index is 365. The molecule has 1 atom stereocenters. The molecule has 0 aromatic heterocycles. The van der Waals surface area contributed by atoms with Crippen LogP contribution in [0, 0.1) is 6.92 Å². The number of methoxy groups -OCH3 is 1. The van der Waals surface area contributed by atoms with Crippen LogP contribution >= 0.6 is 0 Å². The van der Waals surface area contributed by atoms with E-state index in [2.05, 4.69) is 30.0 Å². The highest BCUT2D eigenvalue weighted by atomic mass is 16.5. The third-order valence-electron chi connectivity index (χ3n) is 3.28. The van der Waals surface area contributed by atoms with Crippen molar-refractivity contribution in [3.05, 3.63) is 29.3 Å². The third kappa shape index (κ3) is 2.20. The summed E-state index contributed by atoms with van der Waals surface area (Å²) in [7, 11) is 1.79. The number of ether oxygens (including phenoxy) is 1. The second-order valence-electron chi connectivity index (χ2n) is 4.43. The van der Waals surface area contributed by atoms with Gasteiger partial charge in [0.05, 0.1) is 6.10 Å². The third-order valence-corrected chi connectivity index (χ3v) is 3.28. The van der Waals surface area contributed by atoms with Gasteiger partial charge in [-0.15, -0.1) is 0 Å². The van der Waals surface area contributed by atoms with Gasteiger partial charge in [0.2, 0.25) is 0 Å². The van der Waals surface area contributed by atoms with Crippen LogP contribution in [0.15, 0.2) is 18.2 Å². The lowest BCUT2D eigenvalue weighted by Crippen LogP contribution is -2.23. The Kier molecular flexibility index (Phi) is 3.46. The second kappa shape index (κ2) is 4.85. The maximum atomic E-state index is 5.78. The van der Waals surface area contributed by atoms with Crippen LogP contribution in [-0.2, 0) is 11.3 Å². The summed E-state index contributed by atoms with van der Waals surface area (Å²) < 4.78 is 5.39. The van der Waals surface area contributed by atoms with Crippen LogP contribution in [-0.4, -0.2) is 26.3 Å². The molecule has 1 heterocycles. The Balaban J connectivity index is 2.22. The molecule has 1 aliphatic rings. The van der Waals surface area contributed by atoms with Crippen LogP contribution < -0.4 is 10.6 Å². The zero-order valence-electron chi connectivity index (χ0n) is 10.1. The van der Waals surface area contributed by atoms with Gasteiger partial charge in [-0.2, -0.15) is 0 Å². The Hall–Kier alpha value is -1.06. The average molecular weight is 220 g/mol. The molecule has 0 amide bonds. The first-order valence-electron chi connectivity index (χ1n) is 5.82. The van der Waals surface area contributed by atoms with Crippen molar-refractivity contribution < 1.29 is 4.74 Å². The van der Waals surface area contributed by atoms with Crippen molar-refractivity contribution in [1.82, 2.24) is 0 Å². The van der Waals surface area contributed by atoms with Crippen molar-refractivity contribution >= 4 is 5.69 Å². The van der Waals surface area contributed by atoms with Crippen LogP contribution in [0.2, 0.25) is 0 Å². The highest BCUT2D eigenvalue weighted by Crippen LogP contribution is 2.26. The number of rotatable bonds is 3. The van der Waals surface area contributed by atoms with Crippen LogP contribution in [0.5, 0.6) is 0 Å². The molecule has 1 aromatic carbocycles. The molecule has 88 valence electrons. The molecule has 0 spiro atoms. The number of hydrogen-bond acceptors (Lipinski definition) is 3. The maximum absolute atomic E-state index is 5.78. The first kappa shape index (κ1) is 11.4. The lowest BCUT2D eigenvalue weighted by Gasteiger charge is -2.22. The smallest absolute Gasteiger partial charge is 0.0762 e. The predicted molar refractivity (Wildman–Crippen MR) is 66.7 cm³/mol. The molecule has 1 aromatic rings. The predicted octanol–water partition coefficient (Wildman–Crippen LogP) is 1.68. The summed E-state index contributed by atoms with van der Waals surface area (Å²) in [5, 5.41) is 0. The van der Waals surface area contributed by atoms with Crippen molar-refractivity contribution in [1.29, 1.82) is 0 Å². The number of hydrogen-bond donors (Lipinski definition) is 1. The quantitative estimate of drug-likeness (QED) is 0.842. The summed E-state index contributed by atoms with van der Waals surface area (Å²) in [6, 6.07) is 6.47. The molecular weight excluding hydrogens is 200 g/mol. The molecule has 2 rings (SSSR count). The second-order valence-corrected chi connectivity index (χ2v) is 4.43. The fourth-order valence-corrected chi connectivity index (χ4v) is 2.28. The minimum Gasteiger partial charge on any atom is -0.380 e. The van der Waals surface area contributed by atoms with E-state index in [1.807, 2.05) is 0 Å². The molecular formula is C13H20N2O. The number of benzene rings is 1. The van der Waals surface area contributed by atoms with E-state index in [4.69, 9.17) is 10.5 Å². The van der Waals surface area contributed by atoms with Crippen molar-refractivity contribution in [3.63, 3.8) is 0 Å². The van der Waals surface area contributed by atoms with Crippen LogP contribution in [0.25, 0.3) is 0 Å². The summed E-state index contributed by atoms with van der Waals surface area (Å²) in [5.41, 5.74) is 9.57. The number of nitrogens with zero attached hydrogens (tertiary/aromatic N) is 1. The molecule has 1 saturated heterocycles. The van der Waals surface area contributed by atoms with Gasteiger partial charge in [0.25, 0.3) is 0 Å². The number of nitrogens with two attached hydrogens (primary N) is 1. The zero-order chi connectivity index (χ0) is 11.5. The topological polar surface area (TPSA) is 38.5 Å². The minimum absolute atomic E-state index is 0.367. The van der Waals surface area contributed by atoms with Crippen molar-refractivity contribution in [2.24, 2.45) is 5.73 Å². The van der Waals surface area contributed by atoms with Crippen molar-refractivity contribution in [3.8, 4) is 0 Å². The van der Waals surface area contributed by atoms with Gasteiger partial charge in [0, 0.05) is 32.4 Å². The Labute approximate surface area is 97.2 Å². The largest absolute Gasteiger partial charge is 0.380 e. The van der Waals surface area contributed by atoms with E-state index in [0.717, 1.165) is 19.5 Å².